The van der Waals surface area contributed by atoms with E-state index in [0.717, 1.165) is 44.2 Å². The molecule has 26 heavy (non-hydrogen) atoms. The molecule has 0 saturated carbocycles. The van der Waals surface area contributed by atoms with Crippen molar-refractivity contribution in [3.05, 3.63) is 24.0 Å². The van der Waals surface area contributed by atoms with Gasteiger partial charge in [-0.3, -0.25) is 9.59 Å². The third-order valence-corrected chi connectivity index (χ3v) is 5.46. The molecule has 0 saturated heterocycles. The maximum Gasteiger partial charge on any atom is 0.306 e. The molecule has 0 aromatic rings. The van der Waals surface area contributed by atoms with Crippen LogP contribution in [-0.2, 0) is 9.59 Å². The predicted molar refractivity (Wildman–Crippen MR) is 104 cm³/mol. The van der Waals surface area contributed by atoms with Crippen LogP contribution < -0.4 is 5.32 Å². The fraction of sp³-hybridized carbons (Fsp3) is 0.714. The van der Waals surface area contributed by atoms with Crippen LogP contribution in [0.3, 0.4) is 0 Å². The van der Waals surface area contributed by atoms with Crippen LogP contribution >= 0.6 is 0 Å². The van der Waals surface area contributed by atoms with Crippen molar-refractivity contribution in [1.29, 1.82) is 0 Å². The highest BCUT2D eigenvalue weighted by molar-refractivity contribution is 5.74. The van der Waals surface area contributed by atoms with Crippen LogP contribution in [0, 0.1) is 23.7 Å². The summed E-state index contributed by atoms with van der Waals surface area (Å²) in [5.74, 6) is -3.14. The maximum atomic E-state index is 11.8. The van der Waals surface area contributed by atoms with Gasteiger partial charge >= 0.3 is 11.9 Å². The van der Waals surface area contributed by atoms with Crippen LogP contribution in [0.4, 0.5) is 0 Å². The summed E-state index contributed by atoms with van der Waals surface area (Å²) in [4.78, 5) is 23.6. The molecule has 5 nitrogen and oxygen atoms in total. The molecule has 1 aliphatic rings. The molecule has 4 atom stereocenters. The Labute approximate surface area is 157 Å². The summed E-state index contributed by atoms with van der Waals surface area (Å²) in [6, 6.07) is 0. The van der Waals surface area contributed by atoms with Crippen molar-refractivity contribution in [1.82, 2.24) is 5.32 Å². The summed E-state index contributed by atoms with van der Waals surface area (Å²) in [5, 5.41) is 22.5. The van der Waals surface area contributed by atoms with Gasteiger partial charge in [-0.1, -0.05) is 58.6 Å². The molecule has 0 radical (unpaired) electrons. The van der Waals surface area contributed by atoms with Crippen molar-refractivity contribution >= 4 is 11.9 Å². The molecule has 3 N–H and O–H groups in total. The first-order valence-corrected chi connectivity index (χ1v) is 9.93. The van der Waals surface area contributed by atoms with E-state index < -0.39 is 23.8 Å². The van der Waals surface area contributed by atoms with Crippen LogP contribution in [-0.4, -0.2) is 22.2 Å². The van der Waals surface area contributed by atoms with Gasteiger partial charge in [0.2, 0.25) is 0 Å². The van der Waals surface area contributed by atoms with Gasteiger partial charge in [-0.05, 0) is 43.7 Å². The minimum absolute atomic E-state index is 0.00615. The third kappa shape index (κ3) is 7.63. The van der Waals surface area contributed by atoms with E-state index in [-0.39, 0.29) is 18.3 Å². The molecule has 5 heteroatoms. The normalized spacial score (nSPS) is 18.3. The first-order valence-electron chi connectivity index (χ1n) is 9.93. The smallest absolute Gasteiger partial charge is 0.306 e. The Morgan fingerprint density at radius 1 is 1.08 bits per heavy atom. The molecular weight excluding hydrogens is 330 g/mol. The van der Waals surface area contributed by atoms with E-state index in [1.165, 1.54) is 0 Å². The number of hydrogen-bond donors (Lipinski definition) is 3. The van der Waals surface area contributed by atoms with E-state index in [2.05, 4.69) is 18.3 Å². The van der Waals surface area contributed by atoms with E-state index in [9.17, 15) is 19.8 Å². The Hall–Kier alpha value is -1.78. The first-order chi connectivity index (χ1) is 12.4. The molecular formula is C21H35NO4. The van der Waals surface area contributed by atoms with Gasteiger partial charge in [0.1, 0.15) is 0 Å². The number of nitrogens with one attached hydrogen (secondary N) is 1. The Kier molecular flexibility index (Phi) is 10.1. The summed E-state index contributed by atoms with van der Waals surface area (Å²) in [7, 11) is 0. The number of allylic oxidation sites excluding steroid dienone is 3. The summed E-state index contributed by atoms with van der Waals surface area (Å²) in [6.45, 7) is 6.00. The summed E-state index contributed by atoms with van der Waals surface area (Å²) < 4.78 is 0. The number of dihydropyridines is 1. The third-order valence-electron chi connectivity index (χ3n) is 5.46. The van der Waals surface area contributed by atoms with Crippen molar-refractivity contribution in [3.8, 4) is 0 Å². The average Bonchev–Trinajstić information content (AvgIpc) is 2.59. The van der Waals surface area contributed by atoms with Crippen molar-refractivity contribution in [2.75, 3.05) is 0 Å². The zero-order valence-corrected chi connectivity index (χ0v) is 16.4. The molecule has 0 spiro atoms. The standard InChI is InChI=1S/C21H35NO4/c1-4-5-6-7-10-15(2)18(20(23)24)14-19(21(25)26)16(3)13-17-11-8-9-12-22-17/h9,11-12,15-16,18-19,22H,4-8,10,13-14H2,1-3H3,(H,23,24)(H,25,26). The number of carboxylic acids is 2. The van der Waals surface area contributed by atoms with E-state index >= 15 is 0 Å². The van der Waals surface area contributed by atoms with Gasteiger partial charge in [-0.25, -0.2) is 0 Å². The SMILES string of the molecule is CCCCCCC(C)C(CC(C(=O)O)C(C)CC1=CCC=CN1)C(=O)O. The fourth-order valence-corrected chi connectivity index (χ4v) is 3.66. The summed E-state index contributed by atoms with van der Waals surface area (Å²) in [5.41, 5.74) is 1.02. The quantitative estimate of drug-likeness (QED) is 0.408. The van der Waals surface area contributed by atoms with Gasteiger partial charge in [0.25, 0.3) is 0 Å². The second kappa shape index (κ2) is 11.8. The Bertz CT molecular complexity index is 512. The lowest BCUT2D eigenvalue weighted by atomic mass is 9.77. The molecule has 1 heterocycles. The number of unbranched alkanes of at least 4 members (excludes halogenated alkanes) is 3. The molecule has 0 aromatic carbocycles. The maximum absolute atomic E-state index is 11.8. The lowest BCUT2D eigenvalue weighted by Crippen LogP contribution is -2.31. The van der Waals surface area contributed by atoms with E-state index in [4.69, 9.17) is 0 Å². The van der Waals surface area contributed by atoms with E-state index in [1.54, 1.807) is 0 Å². The van der Waals surface area contributed by atoms with Crippen molar-refractivity contribution in [2.45, 2.75) is 72.1 Å². The second-order valence-electron chi connectivity index (χ2n) is 7.64. The van der Waals surface area contributed by atoms with Gasteiger partial charge < -0.3 is 15.5 Å². The number of hydrogen-bond acceptors (Lipinski definition) is 3. The van der Waals surface area contributed by atoms with Gasteiger partial charge in [0, 0.05) is 5.70 Å². The van der Waals surface area contributed by atoms with Crippen molar-refractivity contribution in [2.24, 2.45) is 23.7 Å². The Morgan fingerprint density at radius 3 is 2.27 bits per heavy atom. The zero-order valence-electron chi connectivity index (χ0n) is 16.4. The van der Waals surface area contributed by atoms with Crippen LogP contribution in [0.1, 0.15) is 72.1 Å². The van der Waals surface area contributed by atoms with Crippen LogP contribution in [0.25, 0.3) is 0 Å². The molecule has 0 aliphatic carbocycles. The van der Waals surface area contributed by atoms with Crippen LogP contribution in [0.2, 0.25) is 0 Å². The average molecular weight is 366 g/mol. The molecule has 0 aromatic heterocycles. The van der Waals surface area contributed by atoms with Gasteiger partial charge in [-0.2, -0.15) is 0 Å². The van der Waals surface area contributed by atoms with Gasteiger partial charge in [0.15, 0.2) is 0 Å². The van der Waals surface area contributed by atoms with E-state index in [1.807, 2.05) is 26.1 Å². The predicted octanol–water partition coefficient (Wildman–Crippen LogP) is 4.80. The van der Waals surface area contributed by atoms with Gasteiger partial charge in [-0.15, -0.1) is 0 Å². The summed E-state index contributed by atoms with van der Waals surface area (Å²) >= 11 is 0. The number of rotatable bonds is 13. The molecule has 0 bridgehead atoms. The topological polar surface area (TPSA) is 86.6 Å². The molecule has 1 rings (SSSR count). The Balaban J connectivity index is 2.68. The van der Waals surface area contributed by atoms with E-state index in [0.29, 0.717) is 6.42 Å². The zero-order chi connectivity index (χ0) is 19.5. The highest BCUT2D eigenvalue weighted by Crippen LogP contribution is 2.31. The molecule has 0 fully saturated rings. The minimum Gasteiger partial charge on any atom is -0.481 e. The minimum atomic E-state index is -0.895. The second-order valence-corrected chi connectivity index (χ2v) is 7.64. The number of carboxylic acid groups (broad SMARTS) is 2. The molecule has 0 amide bonds. The van der Waals surface area contributed by atoms with Crippen LogP contribution in [0.15, 0.2) is 24.0 Å². The molecule has 1 aliphatic heterocycles. The molecule has 4 unspecified atom stereocenters. The largest absolute Gasteiger partial charge is 0.481 e. The molecule has 148 valence electrons. The number of aliphatic carboxylic acids is 2. The van der Waals surface area contributed by atoms with Crippen LogP contribution in [0.5, 0.6) is 0 Å². The Morgan fingerprint density at radius 2 is 1.73 bits per heavy atom. The lowest BCUT2D eigenvalue weighted by Gasteiger charge is -2.27. The first kappa shape index (κ1) is 22.3. The monoisotopic (exact) mass is 365 g/mol. The number of carbonyl (C=O) groups is 2. The van der Waals surface area contributed by atoms with Crippen molar-refractivity contribution < 1.29 is 19.8 Å². The van der Waals surface area contributed by atoms with Crippen molar-refractivity contribution in [3.63, 3.8) is 0 Å². The lowest BCUT2D eigenvalue weighted by molar-refractivity contribution is -0.148. The highest BCUT2D eigenvalue weighted by atomic mass is 16.4. The highest BCUT2D eigenvalue weighted by Gasteiger charge is 2.34. The van der Waals surface area contributed by atoms with Gasteiger partial charge in [0.05, 0.1) is 11.8 Å². The summed E-state index contributed by atoms with van der Waals surface area (Å²) in [6.07, 6.45) is 12.9. The fourth-order valence-electron chi connectivity index (χ4n) is 3.66.